The Bertz CT molecular complexity index is 584. The number of ether oxygens (including phenoxy) is 3. The third-order valence-corrected chi connectivity index (χ3v) is 9.37. The second kappa shape index (κ2) is 5.30. The Morgan fingerprint density at radius 1 is 1.04 bits per heavy atom. The van der Waals surface area contributed by atoms with Gasteiger partial charge in [-0.1, -0.05) is 13.8 Å². The maximum atomic E-state index is 13.2. The summed E-state index contributed by atoms with van der Waals surface area (Å²) < 4.78 is 17.6. The topological polar surface area (TPSA) is 44.8 Å². The summed E-state index contributed by atoms with van der Waals surface area (Å²) in [6, 6.07) is 0. The van der Waals surface area contributed by atoms with Crippen molar-refractivity contribution >= 4 is 5.78 Å². The van der Waals surface area contributed by atoms with Crippen molar-refractivity contribution in [2.75, 3.05) is 13.9 Å². The van der Waals surface area contributed by atoms with Gasteiger partial charge in [-0.15, -0.1) is 0 Å². The van der Waals surface area contributed by atoms with E-state index in [1.165, 1.54) is 12.8 Å². The van der Waals surface area contributed by atoms with E-state index in [1.807, 2.05) is 0 Å². The van der Waals surface area contributed by atoms with E-state index in [-0.39, 0.29) is 28.6 Å². The first kappa shape index (κ1) is 16.7. The van der Waals surface area contributed by atoms with Crippen LogP contribution in [0.5, 0.6) is 0 Å². The third-order valence-electron chi connectivity index (χ3n) is 9.37. The molecule has 5 rings (SSSR count). The maximum Gasteiger partial charge on any atom is 0.179 e. The molecule has 4 aliphatic carbocycles. The van der Waals surface area contributed by atoms with Crippen LogP contribution in [0.15, 0.2) is 0 Å². The van der Waals surface area contributed by atoms with Gasteiger partial charge in [-0.25, -0.2) is 0 Å². The molecule has 4 heteroatoms. The Labute approximate surface area is 151 Å². The lowest BCUT2D eigenvalue weighted by Gasteiger charge is -2.62. The van der Waals surface area contributed by atoms with Crippen LogP contribution in [-0.2, 0) is 19.0 Å². The predicted octanol–water partition coefficient (Wildman–Crippen LogP) is 3.92. The van der Waals surface area contributed by atoms with Gasteiger partial charge in [0, 0.05) is 31.3 Å². The number of rotatable bonds is 1. The van der Waals surface area contributed by atoms with E-state index in [1.54, 1.807) is 7.11 Å². The van der Waals surface area contributed by atoms with Crippen molar-refractivity contribution in [2.24, 2.45) is 34.5 Å². The zero-order valence-electron chi connectivity index (χ0n) is 15.9. The minimum absolute atomic E-state index is 0.0969. The molecule has 4 saturated carbocycles. The van der Waals surface area contributed by atoms with Crippen LogP contribution in [0.25, 0.3) is 0 Å². The molecule has 4 nitrogen and oxygen atoms in total. The van der Waals surface area contributed by atoms with E-state index < -0.39 is 0 Å². The predicted molar refractivity (Wildman–Crippen MR) is 92.7 cm³/mol. The molecule has 0 amide bonds. The average molecular weight is 348 g/mol. The highest BCUT2D eigenvalue weighted by Gasteiger charge is 2.69. The van der Waals surface area contributed by atoms with E-state index in [0.29, 0.717) is 30.3 Å². The minimum Gasteiger partial charge on any atom is -0.381 e. The smallest absolute Gasteiger partial charge is 0.179 e. The average Bonchev–Trinajstić information content (AvgIpc) is 2.88. The van der Waals surface area contributed by atoms with Gasteiger partial charge in [0.05, 0.1) is 6.10 Å². The van der Waals surface area contributed by atoms with Gasteiger partial charge in [-0.2, -0.15) is 0 Å². The van der Waals surface area contributed by atoms with Gasteiger partial charge in [-0.05, 0) is 61.7 Å². The van der Waals surface area contributed by atoms with Gasteiger partial charge in [0.2, 0.25) is 0 Å². The van der Waals surface area contributed by atoms with Crippen molar-refractivity contribution in [1.82, 2.24) is 0 Å². The first-order chi connectivity index (χ1) is 11.9. The highest BCUT2D eigenvalue weighted by atomic mass is 16.9. The van der Waals surface area contributed by atoms with Gasteiger partial charge in [0.25, 0.3) is 0 Å². The first-order valence-electron chi connectivity index (χ1n) is 10.3. The van der Waals surface area contributed by atoms with Crippen molar-refractivity contribution < 1.29 is 19.0 Å². The maximum absolute atomic E-state index is 13.2. The van der Waals surface area contributed by atoms with Crippen LogP contribution in [0.2, 0.25) is 0 Å². The molecule has 1 aliphatic heterocycles. The lowest BCUT2D eigenvalue weighted by Crippen LogP contribution is -2.62. The summed E-state index contributed by atoms with van der Waals surface area (Å²) in [5, 5.41) is 0. The molecule has 5 aliphatic rings. The summed E-state index contributed by atoms with van der Waals surface area (Å²) >= 11 is 0. The van der Waals surface area contributed by atoms with E-state index >= 15 is 0 Å². The summed E-state index contributed by atoms with van der Waals surface area (Å²) in [4.78, 5) is 13.2. The van der Waals surface area contributed by atoms with Crippen molar-refractivity contribution in [2.45, 2.75) is 77.1 Å². The number of Topliss-reactive ketones (excluding diaryl/α,β-unsaturated/α-hetero) is 1. The van der Waals surface area contributed by atoms with Crippen molar-refractivity contribution in [1.29, 1.82) is 0 Å². The second-order valence-electron chi connectivity index (χ2n) is 9.89. The Balaban J connectivity index is 1.46. The highest BCUT2D eigenvalue weighted by molar-refractivity contribution is 5.83. The summed E-state index contributed by atoms with van der Waals surface area (Å²) in [5.74, 6) is 2.17. The zero-order valence-corrected chi connectivity index (χ0v) is 15.9. The normalized spacial score (nSPS) is 53.7. The fourth-order valence-corrected chi connectivity index (χ4v) is 7.85. The van der Waals surface area contributed by atoms with Crippen molar-refractivity contribution in [3.63, 3.8) is 0 Å². The summed E-state index contributed by atoms with van der Waals surface area (Å²) in [5.41, 5.74) is 0.271. The first-order valence-corrected chi connectivity index (χ1v) is 10.3. The molecule has 0 bridgehead atoms. The molecule has 5 fully saturated rings. The number of hydrogen-bond acceptors (Lipinski definition) is 4. The van der Waals surface area contributed by atoms with Crippen LogP contribution in [0, 0.1) is 34.5 Å². The largest absolute Gasteiger partial charge is 0.381 e. The molecule has 0 aromatic heterocycles. The third kappa shape index (κ3) is 1.97. The molecule has 7 atom stereocenters. The number of carbonyl (C=O) groups is 1. The molecule has 0 aromatic carbocycles. The molecular weight excluding hydrogens is 316 g/mol. The van der Waals surface area contributed by atoms with Crippen molar-refractivity contribution in [3.05, 3.63) is 0 Å². The monoisotopic (exact) mass is 348 g/mol. The van der Waals surface area contributed by atoms with Gasteiger partial charge in [0.15, 0.2) is 12.6 Å². The van der Waals surface area contributed by atoms with Gasteiger partial charge in [-0.3, -0.25) is 4.79 Å². The summed E-state index contributed by atoms with van der Waals surface area (Å²) in [7, 11) is 1.80. The molecule has 25 heavy (non-hydrogen) atoms. The number of fused-ring (bicyclic) bond motifs is 6. The minimum atomic E-state index is -0.336. The Hall–Kier alpha value is -0.450. The summed E-state index contributed by atoms with van der Waals surface area (Å²) in [6.07, 6.45) is 8.82. The molecule has 1 heterocycles. The molecule has 0 unspecified atom stereocenters. The lowest BCUT2D eigenvalue weighted by atomic mass is 9.44. The second-order valence-corrected chi connectivity index (χ2v) is 9.89. The van der Waals surface area contributed by atoms with Gasteiger partial charge < -0.3 is 14.2 Å². The molecule has 1 spiro atoms. The number of ketones is 1. The summed E-state index contributed by atoms with van der Waals surface area (Å²) in [6.45, 7) is 5.25. The van der Waals surface area contributed by atoms with E-state index in [2.05, 4.69) is 13.8 Å². The Morgan fingerprint density at radius 3 is 2.48 bits per heavy atom. The molecular formula is C21H32O4. The Morgan fingerprint density at radius 2 is 1.80 bits per heavy atom. The molecule has 140 valence electrons. The molecule has 0 aromatic rings. The van der Waals surface area contributed by atoms with Crippen LogP contribution in [0.3, 0.4) is 0 Å². The lowest BCUT2D eigenvalue weighted by molar-refractivity contribution is -0.437. The number of carbonyl (C=O) groups excluding carboxylic acids is 1. The highest BCUT2D eigenvalue weighted by Crippen LogP contribution is 2.69. The molecule has 1 saturated heterocycles. The van der Waals surface area contributed by atoms with Crippen LogP contribution in [0.1, 0.15) is 65.2 Å². The van der Waals surface area contributed by atoms with E-state index in [9.17, 15) is 4.79 Å². The van der Waals surface area contributed by atoms with Crippen molar-refractivity contribution in [3.8, 4) is 0 Å². The quantitative estimate of drug-likeness (QED) is 0.720. The standard InChI is InChI=1S/C21H32O4/c1-19-7-4-13(23-3)10-17(19)18(22)11-14-15(19)5-8-20(2)16(14)6-9-21(20)24-12-25-21/h13-17H,4-12H2,1-3H3/t13-,14+,15-,16-,17+,19+,20-/m0/s1. The SMILES string of the molecule is CO[C@H]1CC[C@@]2(C)[C@H](C1)C(=O)C[C@@H]1[C@@H]2CC[C@@]2(C)[C@H]1CCC21OCO1. The van der Waals surface area contributed by atoms with Crippen LogP contribution < -0.4 is 0 Å². The van der Waals surface area contributed by atoms with E-state index in [0.717, 1.165) is 38.5 Å². The van der Waals surface area contributed by atoms with Crippen LogP contribution in [-0.4, -0.2) is 31.6 Å². The van der Waals surface area contributed by atoms with E-state index in [4.69, 9.17) is 14.2 Å². The molecule has 0 radical (unpaired) electrons. The number of hydrogen-bond donors (Lipinski definition) is 0. The zero-order chi connectivity index (χ0) is 17.4. The molecule has 0 N–H and O–H groups in total. The number of methoxy groups -OCH3 is 1. The Kier molecular flexibility index (Phi) is 3.54. The van der Waals surface area contributed by atoms with Gasteiger partial charge in [0.1, 0.15) is 5.78 Å². The fourth-order valence-electron chi connectivity index (χ4n) is 7.85. The van der Waals surface area contributed by atoms with Crippen LogP contribution >= 0.6 is 0 Å². The fraction of sp³-hybridized carbons (Fsp3) is 0.952. The van der Waals surface area contributed by atoms with Crippen LogP contribution in [0.4, 0.5) is 0 Å². The van der Waals surface area contributed by atoms with Gasteiger partial charge >= 0.3 is 0 Å².